The van der Waals surface area contributed by atoms with Gasteiger partial charge in [0.05, 0.1) is 23.2 Å². The van der Waals surface area contributed by atoms with Gasteiger partial charge in [0, 0.05) is 16.8 Å². The fraction of sp³-hybridized carbons (Fsp3) is 0.0690. The summed E-state index contributed by atoms with van der Waals surface area (Å²) in [7, 11) is 0. The van der Waals surface area contributed by atoms with Gasteiger partial charge in [-0.05, 0) is 67.4 Å². The second kappa shape index (κ2) is 15.6. The van der Waals surface area contributed by atoms with Gasteiger partial charge in [-0.25, -0.2) is 4.79 Å². The maximum Gasteiger partial charge on any atom is 2.00 e. The molecule has 0 heterocycles. The first-order valence-electron chi connectivity index (χ1n) is 11.2. The number of anilines is 2. The molecule has 0 saturated heterocycles. The standard InChI is InChI=1S/C15H15NO2.2C7H6O3.Mg/c1-10-6-5-9-13(11(10)2)16-14-8-4-3-7-12(14)15(17)18;2*8-6-4-2-1-3-5(6)7(9)10;/h3-9,16H,1-2H3,(H,17,18);2*1-4,8H,(H,9,10);/q;;;+2/p-2. The van der Waals surface area contributed by atoms with Crippen LogP contribution >= 0.6 is 0 Å². The number of nitrogens with one attached hydrogen (secondary N) is 1. The number of phenols is 2. The molecule has 0 aromatic heterocycles. The van der Waals surface area contributed by atoms with Gasteiger partial charge < -0.3 is 40.4 Å². The second-order valence-electron chi connectivity index (χ2n) is 7.83. The predicted molar refractivity (Wildman–Crippen MR) is 143 cm³/mol. The number of carbonyl (C=O) groups excluding carboxylic acids is 2. The van der Waals surface area contributed by atoms with Crippen LogP contribution < -0.4 is 15.5 Å². The van der Waals surface area contributed by atoms with Gasteiger partial charge in [0.2, 0.25) is 0 Å². The molecule has 0 spiro atoms. The fourth-order valence-electron chi connectivity index (χ4n) is 3.10. The molecule has 0 fully saturated rings. The fourth-order valence-corrected chi connectivity index (χ4v) is 3.10. The average Bonchev–Trinajstić information content (AvgIpc) is 2.88. The largest absolute Gasteiger partial charge is 2.00 e. The summed E-state index contributed by atoms with van der Waals surface area (Å²) in [6.07, 6.45) is 0. The van der Waals surface area contributed by atoms with Crippen molar-refractivity contribution in [3.8, 4) is 11.5 Å². The summed E-state index contributed by atoms with van der Waals surface area (Å²) in [6.45, 7) is 4.05. The van der Waals surface area contributed by atoms with Crippen LogP contribution in [0.25, 0.3) is 0 Å². The summed E-state index contributed by atoms with van der Waals surface area (Å²) in [6, 6.07) is 24.1. The minimum atomic E-state index is -1.36. The van der Waals surface area contributed by atoms with Gasteiger partial charge in [0.25, 0.3) is 0 Å². The van der Waals surface area contributed by atoms with E-state index in [2.05, 4.69) is 5.32 Å². The summed E-state index contributed by atoms with van der Waals surface area (Å²) >= 11 is 0. The van der Waals surface area contributed by atoms with E-state index in [1.165, 1.54) is 42.0 Å². The molecular weight excluding hydrogens is 515 g/mol. The number of para-hydroxylation sites is 3. The second-order valence-corrected chi connectivity index (χ2v) is 7.83. The number of carboxylic acids is 3. The molecule has 9 nitrogen and oxygen atoms in total. The number of hydrogen-bond acceptors (Lipinski definition) is 8. The molecule has 0 atom stereocenters. The molecule has 0 radical (unpaired) electrons. The number of carboxylic acid groups (broad SMARTS) is 3. The Morgan fingerprint density at radius 2 is 1.03 bits per heavy atom. The van der Waals surface area contributed by atoms with Crippen LogP contribution in [0.3, 0.4) is 0 Å². The first kappa shape index (κ1) is 32.5. The van der Waals surface area contributed by atoms with Gasteiger partial charge in [-0.1, -0.05) is 48.5 Å². The first-order valence-corrected chi connectivity index (χ1v) is 11.2. The molecule has 4 rings (SSSR count). The maximum absolute atomic E-state index is 11.1. The zero-order valence-corrected chi connectivity index (χ0v) is 22.7. The van der Waals surface area contributed by atoms with Crippen LogP contribution in [-0.4, -0.2) is 56.3 Å². The Hall–Kier alpha value is -4.54. The topological polar surface area (TPSA) is 170 Å². The summed E-state index contributed by atoms with van der Waals surface area (Å²) in [5.74, 6) is -4.18. The Morgan fingerprint density at radius 1 is 0.615 bits per heavy atom. The van der Waals surface area contributed by atoms with E-state index in [0.717, 1.165) is 11.3 Å². The monoisotopic (exact) mass is 539 g/mol. The SMILES string of the molecule is Cc1cccc(Nc2ccccc2C(=O)O)c1C.O=C([O-])c1ccccc1O.O=C([O-])c1ccccc1O.[Mg+2]. The molecule has 196 valence electrons. The zero-order chi connectivity index (χ0) is 28.2. The van der Waals surface area contributed by atoms with Crippen molar-refractivity contribution in [1.82, 2.24) is 0 Å². The Bertz CT molecular complexity index is 1380. The number of aromatic hydroxyl groups is 2. The third-order valence-corrected chi connectivity index (χ3v) is 5.28. The van der Waals surface area contributed by atoms with E-state index in [-0.39, 0.29) is 51.2 Å². The molecule has 0 aliphatic heterocycles. The van der Waals surface area contributed by atoms with E-state index >= 15 is 0 Å². The first-order chi connectivity index (χ1) is 18.0. The van der Waals surface area contributed by atoms with Crippen molar-refractivity contribution in [3.63, 3.8) is 0 Å². The third kappa shape index (κ3) is 9.69. The molecule has 0 amide bonds. The summed E-state index contributed by atoms with van der Waals surface area (Å²) in [5, 5.41) is 50.3. The van der Waals surface area contributed by atoms with E-state index < -0.39 is 17.9 Å². The molecular formula is C29H25MgNO8. The van der Waals surface area contributed by atoms with Crippen LogP contribution in [0.5, 0.6) is 11.5 Å². The van der Waals surface area contributed by atoms with Crippen molar-refractivity contribution in [3.05, 3.63) is 119 Å². The van der Waals surface area contributed by atoms with Crippen LogP contribution in [0.4, 0.5) is 11.4 Å². The Balaban J connectivity index is 0.000000311. The van der Waals surface area contributed by atoms with Crippen LogP contribution in [0.2, 0.25) is 0 Å². The molecule has 4 aromatic rings. The van der Waals surface area contributed by atoms with Gasteiger partial charge in [-0.3, -0.25) is 0 Å². The van der Waals surface area contributed by atoms with Gasteiger partial charge in [0.1, 0.15) is 11.5 Å². The molecule has 0 unspecified atom stereocenters. The number of aromatic carboxylic acids is 3. The summed E-state index contributed by atoms with van der Waals surface area (Å²) in [4.78, 5) is 31.4. The quantitative estimate of drug-likeness (QED) is 0.278. The zero-order valence-electron chi connectivity index (χ0n) is 21.3. The van der Waals surface area contributed by atoms with Crippen molar-refractivity contribution < 1.29 is 39.9 Å². The van der Waals surface area contributed by atoms with Crippen molar-refractivity contribution in [2.24, 2.45) is 0 Å². The van der Waals surface area contributed by atoms with Gasteiger partial charge in [-0.15, -0.1) is 0 Å². The van der Waals surface area contributed by atoms with E-state index in [9.17, 15) is 24.6 Å². The maximum atomic E-state index is 11.1. The van der Waals surface area contributed by atoms with E-state index in [4.69, 9.17) is 15.3 Å². The molecule has 0 saturated carbocycles. The number of hydrogen-bond donors (Lipinski definition) is 4. The van der Waals surface area contributed by atoms with E-state index in [0.29, 0.717) is 5.69 Å². The minimum absolute atomic E-state index is 0. The average molecular weight is 540 g/mol. The van der Waals surface area contributed by atoms with Crippen molar-refractivity contribution >= 4 is 52.3 Å². The number of aryl methyl sites for hydroxylation is 1. The van der Waals surface area contributed by atoms with E-state index in [1.807, 2.05) is 38.1 Å². The predicted octanol–water partition coefficient (Wildman–Crippen LogP) is 2.88. The molecule has 4 N–H and O–H groups in total. The Labute approximate surface area is 241 Å². The van der Waals surface area contributed by atoms with Crippen LogP contribution in [0, 0.1) is 13.8 Å². The number of carbonyl (C=O) groups is 3. The summed E-state index contributed by atoms with van der Waals surface area (Å²) in [5.41, 5.74) is 3.76. The number of benzene rings is 4. The van der Waals surface area contributed by atoms with Crippen molar-refractivity contribution in [2.75, 3.05) is 5.32 Å². The van der Waals surface area contributed by atoms with Crippen molar-refractivity contribution in [1.29, 1.82) is 0 Å². The van der Waals surface area contributed by atoms with Crippen LogP contribution in [0.1, 0.15) is 42.2 Å². The third-order valence-electron chi connectivity index (χ3n) is 5.28. The molecule has 0 aliphatic carbocycles. The van der Waals surface area contributed by atoms with Crippen LogP contribution in [0.15, 0.2) is 91.0 Å². The molecule has 4 aromatic carbocycles. The Morgan fingerprint density at radius 3 is 1.44 bits per heavy atom. The van der Waals surface area contributed by atoms with Gasteiger partial charge in [0.15, 0.2) is 0 Å². The normalized spacial score (nSPS) is 9.38. The molecule has 0 bridgehead atoms. The van der Waals surface area contributed by atoms with Gasteiger partial charge >= 0.3 is 29.0 Å². The van der Waals surface area contributed by atoms with Gasteiger partial charge in [-0.2, -0.15) is 0 Å². The molecule has 0 aliphatic rings. The van der Waals surface area contributed by atoms with Crippen molar-refractivity contribution in [2.45, 2.75) is 13.8 Å². The number of rotatable bonds is 5. The summed E-state index contributed by atoms with van der Waals surface area (Å²) < 4.78 is 0. The van der Waals surface area contributed by atoms with E-state index in [1.54, 1.807) is 30.3 Å². The molecule has 10 heteroatoms. The van der Waals surface area contributed by atoms with Crippen LogP contribution in [-0.2, 0) is 0 Å². The molecule has 39 heavy (non-hydrogen) atoms. The minimum Gasteiger partial charge on any atom is -0.545 e. The smallest absolute Gasteiger partial charge is 0.545 e. The Kier molecular flexibility index (Phi) is 13.0.